The summed E-state index contributed by atoms with van der Waals surface area (Å²) in [4.78, 5) is 6.47. The van der Waals surface area contributed by atoms with E-state index in [-0.39, 0.29) is 0 Å². The lowest BCUT2D eigenvalue weighted by Crippen LogP contribution is -2.20. The van der Waals surface area contributed by atoms with Crippen LogP contribution in [0.2, 0.25) is 0 Å². The molecule has 0 aliphatic carbocycles. The molecular weight excluding hydrogens is 160 g/mol. The van der Waals surface area contributed by atoms with E-state index in [0.717, 1.165) is 13.1 Å². The van der Waals surface area contributed by atoms with Crippen LogP contribution in [0.4, 0.5) is 5.69 Å². The molecule has 1 unspecified atom stereocenters. The maximum Gasteiger partial charge on any atom is 0.0591 e. The van der Waals surface area contributed by atoms with Crippen molar-refractivity contribution in [2.45, 2.75) is 12.8 Å². The number of nitrogens with zero attached hydrogens (tertiary/aromatic N) is 2. The van der Waals surface area contributed by atoms with Crippen LogP contribution in [-0.4, -0.2) is 18.1 Å². The van der Waals surface area contributed by atoms with Gasteiger partial charge >= 0.3 is 0 Å². The zero-order valence-corrected chi connectivity index (χ0v) is 7.90. The molecule has 0 radical (unpaired) electrons. The van der Waals surface area contributed by atoms with Crippen LogP contribution in [-0.2, 0) is 0 Å². The van der Waals surface area contributed by atoms with Gasteiger partial charge in [0.2, 0.25) is 0 Å². The average Bonchev–Trinajstić information content (AvgIpc) is 2.46. The zero-order valence-electron chi connectivity index (χ0n) is 7.90. The lowest BCUT2D eigenvalue weighted by Gasteiger charge is -2.16. The number of fused-ring (bicyclic) bond motifs is 1. The monoisotopic (exact) mass is 174 g/mol. The molecule has 1 aromatic heterocycles. The van der Waals surface area contributed by atoms with Gasteiger partial charge in [0.1, 0.15) is 0 Å². The quantitative estimate of drug-likeness (QED) is 0.639. The second-order valence-corrected chi connectivity index (χ2v) is 3.53. The molecular formula is C11H14N2. The molecule has 0 bridgehead atoms. The summed E-state index contributed by atoms with van der Waals surface area (Å²) in [7, 11) is 0. The second kappa shape index (κ2) is 3.21. The fourth-order valence-corrected chi connectivity index (χ4v) is 1.93. The van der Waals surface area contributed by atoms with Crippen molar-refractivity contribution in [1.82, 2.24) is 4.98 Å². The summed E-state index contributed by atoms with van der Waals surface area (Å²) >= 11 is 0. The van der Waals surface area contributed by atoms with E-state index in [4.69, 9.17) is 0 Å². The number of hydrogen-bond donors (Lipinski definition) is 0. The Labute approximate surface area is 78.9 Å². The van der Waals surface area contributed by atoms with Crippen molar-refractivity contribution in [3.63, 3.8) is 0 Å². The Bertz CT molecular complexity index is 320. The first kappa shape index (κ1) is 8.30. The van der Waals surface area contributed by atoms with Crippen LogP contribution in [0.1, 0.15) is 18.4 Å². The topological polar surface area (TPSA) is 16.1 Å². The zero-order chi connectivity index (χ0) is 9.26. The molecule has 0 fully saturated rings. The van der Waals surface area contributed by atoms with E-state index >= 15 is 0 Å². The highest BCUT2D eigenvalue weighted by Crippen LogP contribution is 2.34. The molecule has 2 heterocycles. The summed E-state index contributed by atoms with van der Waals surface area (Å²) in [6.07, 6.45) is 5.75. The minimum Gasteiger partial charge on any atom is -0.366 e. The summed E-state index contributed by atoms with van der Waals surface area (Å²) in [6, 6.07) is 2.11. The molecule has 68 valence electrons. The third-order valence-electron chi connectivity index (χ3n) is 2.55. The molecule has 2 rings (SSSR count). The van der Waals surface area contributed by atoms with Crippen molar-refractivity contribution in [2.24, 2.45) is 0 Å². The highest BCUT2D eigenvalue weighted by molar-refractivity contribution is 5.58. The molecule has 2 heteroatoms. The van der Waals surface area contributed by atoms with Crippen molar-refractivity contribution < 1.29 is 0 Å². The first-order valence-electron chi connectivity index (χ1n) is 4.62. The smallest absolute Gasteiger partial charge is 0.0591 e. The summed E-state index contributed by atoms with van der Waals surface area (Å²) in [6.45, 7) is 8.02. The Morgan fingerprint density at radius 3 is 3.38 bits per heavy atom. The normalized spacial score (nSPS) is 20.1. The van der Waals surface area contributed by atoms with Crippen LogP contribution >= 0.6 is 0 Å². The lowest BCUT2D eigenvalue weighted by atomic mass is 10.1. The first-order valence-corrected chi connectivity index (χ1v) is 4.62. The number of anilines is 1. The van der Waals surface area contributed by atoms with E-state index in [2.05, 4.69) is 29.5 Å². The Morgan fingerprint density at radius 1 is 1.77 bits per heavy atom. The van der Waals surface area contributed by atoms with Gasteiger partial charge in [-0.1, -0.05) is 13.0 Å². The molecule has 13 heavy (non-hydrogen) atoms. The standard InChI is InChI=1S/C11H14N2/c1-3-6-13-8-9(2)10-4-5-12-7-11(10)13/h3-5,7,9H,1,6,8H2,2H3. The van der Waals surface area contributed by atoms with Crippen molar-refractivity contribution in [2.75, 3.05) is 18.0 Å². The second-order valence-electron chi connectivity index (χ2n) is 3.53. The van der Waals surface area contributed by atoms with E-state index in [0.29, 0.717) is 5.92 Å². The molecule has 2 nitrogen and oxygen atoms in total. The summed E-state index contributed by atoms with van der Waals surface area (Å²) in [5, 5.41) is 0. The van der Waals surface area contributed by atoms with Crippen molar-refractivity contribution in [3.8, 4) is 0 Å². The van der Waals surface area contributed by atoms with Gasteiger partial charge in [0.25, 0.3) is 0 Å². The molecule has 0 aromatic carbocycles. The van der Waals surface area contributed by atoms with Crippen LogP contribution in [0, 0.1) is 0 Å². The van der Waals surface area contributed by atoms with Gasteiger partial charge in [-0.15, -0.1) is 6.58 Å². The Balaban J connectivity index is 2.35. The fraction of sp³-hybridized carbons (Fsp3) is 0.364. The minimum atomic E-state index is 0.623. The Kier molecular flexibility index (Phi) is 2.05. The van der Waals surface area contributed by atoms with Gasteiger partial charge in [-0.25, -0.2) is 0 Å². The molecule has 0 N–H and O–H groups in total. The van der Waals surface area contributed by atoms with Gasteiger partial charge in [0.15, 0.2) is 0 Å². The molecule has 1 aliphatic rings. The highest BCUT2D eigenvalue weighted by atomic mass is 15.2. The maximum atomic E-state index is 4.15. The number of hydrogen-bond acceptors (Lipinski definition) is 2. The first-order chi connectivity index (χ1) is 6.33. The van der Waals surface area contributed by atoms with Crippen molar-refractivity contribution >= 4 is 5.69 Å². The third kappa shape index (κ3) is 1.32. The summed E-state index contributed by atoms with van der Waals surface area (Å²) in [5.41, 5.74) is 2.69. The number of pyridine rings is 1. The van der Waals surface area contributed by atoms with E-state index in [1.165, 1.54) is 11.3 Å². The van der Waals surface area contributed by atoms with Crippen LogP contribution < -0.4 is 4.90 Å². The largest absolute Gasteiger partial charge is 0.366 e. The van der Waals surface area contributed by atoms with Gasteiger partial charge in [-0.05, 0) is 11.6 Å². The van der Waals surface area contributed by atoms with Gasteiger partial charge < -0.3 is 4.90 Å². The van der Waals surface area contributed by atoms with Crippen LogP contribution in [0.25, 0.3) is 0 Å². The average molecular weight is 174 g/mol. The highest BCUT2D eigenvalue weighted by Gasteiger charge is 2.23. The van der Waals surface area contributed by atoms with Gasteiger partial charge in [0, 0.05) is 25.2 Å². The SMILES string of the molecule is C=CCN1CC(C)c2ccncc21. The predicted molar refractivity (Wildman–Crippen MR) is 55.1 cm³/mol. The van der Waals surface area contributed by atoms with Gasteiger partial charge in [0.05, 0.1) is 11.9 Å². The molecule has 1 aromatic rings. The number of rotatable bonds is 2. The van der Waals surface area contributed by atoms with Crippen LogP contribution in [0.15, 0.2) is 31.1 Å². The third-order valence-corrected chi connectivity index (χ3v) is 2.55. The van der Waals surface area contributed by atoms with E-state index < -0.39 is 0 Å². The maximum absolute atomic E-state index is 4.15. The van der Waals surface area contributed by atoms with E-state index in [1.807, 2.05) is 18.5 Å². The van der Waals surface area contributed by atoms with Crippen molar-refractivity contribution in [3.05, 3.63) is 36.7 Å². The molecule has 0 amide bonds. The van der Waals surface area contributed by atoms with E-state index in [1.54, 1.807) is 0 Å². The molecule has 1 aliphatic heterocycles. The van der Waals surface area contributed by atoms with E-state index in [9.17, 15) is 0 Å². The molecule has 1 atom stereocenters. The predicted octanol–water partition coefficient (Wildman–Crippen LogP) is 2.19. The Morgan fingerprint density at radius 2 is 2.62 bits per heavy atom. The lowest BCUT2D eigenvalue weighted by molar-refractivity contribution is 0.777. The molecule has 0 spiro atoms. The summed E-state index contributed by atoms with van der Waals surface area (Å²) < 4.78 is 0. The molecule has 0 saturated heterocycles. The number of aromatic nitrogens is 1. The van der Waals surface area contributed by atoms with Crippen LogP contribution in [0.3, 0.4) is 0 Å². The van der Waals surface area contributed by atoms with Crippen LogP contribution in [0.5, 0.6) is 0 Å². The Hall–Kier alpha value is -1.31. The van der Waals surface area contributed by atoms with Gasteiger partial charge in [-0.2, -0.15) is 0 Å². The van der Waals surface area contributed by atoms with Crippen molar-refractivity contribution in [1.29, 1.82) is 0 Å². The summed E-state index contributed by atoms with van der Waals surface area (Å²) in [5.74, 6) is 0.623. The van der Waals surface area contributed by atoms with Gasteiger partial charge in [-0.3, -0.25) is 4.98 Å². The minimum absolute atomic E-state index is 0.623. The molecule has 0 saturated carbocycles. The fourth-order valence-electron chi connectivity index (χ4n) is 1.93.